The average Bonchev–Trinajstić information content (AvgIpc) is 3.15. The van der Waals surface area contributed by atoms with Crippen molar-refractivity contribution < 1.29 is 17.9 Å². The van der Waals surface area contributed by atoms with E-state index in [0.29, 0.717) is 5.56 Å². The molecule has 28 heavy (non-hydrogen) atoms. The summed E-state index contributed by atoms with van der Waals surface area (Å²) < 4.78 is 33.6. The van der Waals surface area contributed by atoms with Crippen LogP contribution < -0.4 is 20.5 Å². The van der Waals surface area contributed by atoms with Gasteiger partial charge in [0.15, 0.2) is 0 Å². The summed E-state index contributed by atoms with van der Waals surface area (Å²) in [5.41, 5.74) is 6.22. The number of nitrogens with two attached hydrogens (primary N) is 1. The van der Waals surface area contributed by atoms with E-state index in [1.807, 2.05) is 0 Å². The summed E-state index contributed by atoms with van der Waals surface area (Å²) in [6.45, 7) is 0. The van der Waals surface area contributed by atoms with Crippen LogP contribution in [0.1, 0.15) is 61.7 Å². The maximum absolute atomic E-state index is 12.8. The third-order valence-electron chi connectivity index (χ3n) is 5.50. The normalized spacial score (nSPS) is 23.1. The number of carbonyl (C=O) groups excluding carboxylic acids is 1. The van der Waals surface area contributed by atoms with Gasteiger partial charge in [0.25, 0.3) is 5.91 Å². The summed E-state index contributed by atoms with van der Waals surface area (Å²) >= 11 is 0. The molecule has 0 radical (unpaired) electrons. The van der Waals surface area contributed by atoms with Gasteiger partial charge < -0.3 is 15.8 Å². The molecule has 0 heterocycles. The monoisotopic (exact) mass is 431 g/mol. The lowest BCUT2D eigenvalue weighted by Crippen LogP contribution is -2.40. The molecule has 0 saturated heterocycles. The highest BCUT2D eigenvalue weighted by Crippen LogP contribution is 2.27. The minimum Gasteiger partial charge on any atom is -0.495 e. The van der Waals surface area contributed by atoms with Crippen molar-refractivity contribution in [3.05, 3.63) is 23.8 Å². The fraction of sp³-hybridized carbons (Fsp3) is 0.632. The maximum Gasteiger partial charge on any atom is 0.251 e. The Labute approximate surface area is 173 Å². The minimum absolute atomic E-state index is 0. The molecular formula is C19H30ClN3O4S. The molecule has 0 bridgehead atoms. The Balaban J connectivity index is 0.00000280. The summed E-state index contributed by atoms with van der Waals surface area (Å²) in [4.78, 5) is 12.6. The molecule has 4 N–H and O–H groups in total. The number of ether oxygens (including phenoxy) is 1. The van der Waals surface area contributed by atoms with Gasteiger partial charge in [0.05, 0.1) is 7.11 Å². The fourth-order valence-electron chi connectivity index (χ4n) is 3.89. The Morgan fingerprint density at radius 2 is 1.71 bits per heavy atom. The van der Waals surface area contributed by atoms with E-state index < -0.39 is 10.0 Å². The third-order valence-corrected chi connectivity index (χ3v) is 7.04. The van der Waals surface area contributed by atoms with Gasteiger partial charge in [-0.3, -0.25) is 4.79 Å². The van der Waals surface area contributed by atoms with Gasteiger partial charge in [-0.2, -0.15) is 0 Å². The van der Waals surface area contributed by atoms with Crippen molar-refractivity contribution in [3.63, 3.8) is 0 Å². The molecule has 2 fully saturated rings. The zero-order valence-electron chi connectivity index (χ0n) is 16.1. The standard InChI is InChI=1S/C19H29N3O4S.ClH/c1-26-17-11-6-13(19(23)21-15-9-7-14(20)8-10-15)12-18(17)27(24,25)22-16-4-2-3-5-16;/h6,11-12,14-16,22H,2-5,7-10,20H2,1H3,(H,21,23);1H. The Morgan fingerprint density at radius 3 is 2.32 bits per heavy atom. The van der Waals surface area contributed by atoms with Crippen LogP contribution in [0.25, 0.3) is 0 Å². The molecule has 3 rings (SSSR count). The van der Waals surface area contributed by atoms with Crippen LogP contribution in [0, 0.1) is 0 Å². The van der Waals surface area contributed by atoms with Gasteiger partial charge >= 0.3 is 0 Å². The van der Waals surface area contributed by atoms with Gasteiger partial charge in [0.2, 0.25) is 10.0 Å². The van der Waals surface area contributed by atoms with Gasteiger partial charge in [0, 0.05) is 23.7 Å². The molecule has 158 valence electrons. The second-order valence-electron chi connectivity index (χ2n) is 7.55. The van der Waals surface area contributed by atoms with Crippen molar-refractivity contribution in [2.75, 3.05) is 7.11 Å². The largest absolute Gasteiger partial charge is 0.495 e. The number of hydrogen-bond donors (Lipinski definition) is 3. The van der Waals surface area contributed by atoms with Crippen LogP contribution in [0.5, 0.6) is 5.75 Å². The van der Waals surface area contributed by atoms with Crippen molar-refractivity contribution in [2.45, 2.75) is 74.4 Å². The van der Waals surface area contributed by atoms with Gasteiger partial charge in [-0.15, -0.1) is 12.4 Å². The first-order valence-electron chi connectivity index (χ1n) is 9.66. The second kappa shape index (κ2) is 9.91. The van der Waals surface area contributed by atoms with E-state index in [1.165, 1.54) is 19.2 Å². The SMILES string of the molecule is COc1ccc(C(=O)NC2CCC(N)CC2)cc1S(=O)(=O)NC1CCCC1.Cl. The molecule has 1 aromatic rings. The quantitative estimate of drug-likeness (QED) is 0.640. The molecular weight excluding hydrogens is 402 g/mol. The van der Waals surface area contributed by atoms with Crippen molar-refractivity contribution in [1.29, 1.82) is 0 Å². The number of sulfonamides is 1. The molecule has 9 heteroatoms. The van der Waals surface area contributed by atoms with Crippen LogP contribution in [0.2, 0.25) is 0 Å². The summed E-state index contributed by atoms with van der Waals surface area (Å²) in [6.07, 6.45) is 7.19. The van der Waals surface area contributed by atoms with Crippen molar-refractivity contribution in [1.82, 2.24) is 10.0 Å². The van der Waals surface area contributed by atoms with E-state index in [0.717, 1.165) is 51.4 Å². The number of carbonyl (C=O) groups is 1. The molecule has 0 atom stereocenters. The number of nitrogens with one attached hydrogen (secondary N) is 2. The molecule has 1 amide bonds. The van der Waals surface area contributed by atoms with Gasteiger partial charge in [-0.05, 0) is 56.7 Å². The molecule has 2 aliphatic carbocycles. The zero-order chi connectivity index (χ0) is 19.4. The summed E-state index contributed by atoms with van der Waals surface area (Å²) in [5, 5.41) is 2.99. The van der Waals surface area contributed by atoms with E-state index in [2.05, 4.69) is 10.0 Å². The molecule has 0 spiro atoms. The van der Waals surface area contributed by atoms with Crippen molar-refractivity contribution >= 4 is 28.3 Å². The van der Waals surface area contributed by atoms with Crippen LogP contribution in [-0.2, 0) is 10.0 Å². The lowest BCUT2D eigenvalue weighted by atomic mass is 9.91. The summed E-state index contributed by atoms with van der Waals surface area (Å²) in [6, 6.07) is 4.77. The highest BCUT2D eigenvalue weighted by Gasteiger charge is 2.27. The highest BCUT2D eigenvalue weighted by molar-refractivity contribution is 7.89. The predicted octanol–water partition coefficient (Wildman–Crippen LogP) is 2.34. The molecule has 2 aliphatic rings. The van der Waals surface area contributed by atoms with Crippen LogP contribution in [-0.4, -0.2) is 39.6 Å². The highest BCUT2D eigenvalue weighted by atomic mass is 35.5. The van der Waals surface area contributed by atoms with Crippen LogP contribution in [0.15, 0.2) is 23.1 Å². The van der Waals surface area contributed by atoms with E-state index in [4.69, 9.17) is 10.5 Å². The molecule has 1 aromatic carbocycles. The first-order valence-corrected chi connectivity index (χ1v) is 11.1. The van der Waals surface area contributed by atoms with Crippen LogP contribution in [0.3, 0.4) is 0 Å². The number of halogens is 1. The smallest absolute Gasteiger partial charge is 0.251 e. The minimum atomic E-state index is -3.75. The molecule has 0 unspecified atom stereocenters. The first-order chi connectivity index (χ1) is 12.9. The Morgan fingerprint density at radius 1 is 1.07 bits per heavy atom. The number of amides is 1. The van der Waals surface area contributed by atoms with Crippen LogP contribution >= 0.6 is 12.4 Å². The van der Waals surface area contributed by atoms with E-state index in [-0.39, 0.29) is 47.1 Å². The second-order valence-corrected chi connectivity index (χ2v) is 9.24. The lowest BCUT2D eigenvalue weighted by molar-refractivity contribution is 0.0925. The maximum atomic E-state index is 12.8. The number of methoxy groups -OCH3 is 1. The van der Waals surface area contributed by atoms with Crippen molar-refractivity contribution in [3.8, 4) is 5.75 Å². The molecule has 2 saturated carbocycles. The summed E-state index contributed by atoms with van der Waals surface area (Å²) in [5.74, 6) is -0.0314. The number of benzene rings is 1. The van der Waals surface area contributed by atoms with Gasteiger partial charge in [-0.1, -0.05) is 12.8 Å². The van der Waals surface area contributed by atoms with Gasteiger partial charge in [0.1, 0.15) is 10.6 Å². The number of hydrogen-bond acceptors (Lipinski definition) is 5. The number of rotatable bonds is 6. The lowest BCUT2D eigenvalue weighted by Gasteiger charge is -2.26. The topological polar surface area (TPSA) is 111 Å². The zero-order valence-corrected chi connectivity index (χ0v) is 17.8. The third kappa shape index (κ3) is 5.59. The molecule has 0 aliphatic heterocycles. The average molecular weight is 432 g/mol. The van der Waals surface area contributed by atoms with Crippen molar-refractivity contribution in [2.24, 2.45) is 5.73 Å². The molecule has 7 nitrogen and oxygen atoms in total. The first kappa shape index (κ1) is 22.9. The Kier molecular flexibility index (Phi) is 8.12. The molecule has 0 aromatic heterocycles. The van der Waals surface area contributed by atoms with Gasteiger partial charge in [-0.25, -0.2) is 13.1 Å². The Hall–Kier alpha value is -1.35. The summed E-state index contributed by atoms with van der Waals surface area (Å²) in [7, 11) is -2.33. The fourth-order valence-corrected chi connectivity index (χ4v) is 5.39. The van der Waals surface area contributed by atoms with E-state index >= 15 is 0 Å². The van der Waals surface area contributed by atoms with E-state index in [1.54, 1.807) is 6.07 Å². The Bertz CT molecular complexity index is 773. The predicted molar refractivity (Wildman–Crippen MR) is 111 cm³/mol. The van der Waals surface area contributed by atoms with E-state index in [9.17, 15) is 13.2 Å². The van der Waals surface area contributed by atoms with Crippen LogP contribution in [0.4, 0.5) is 0 Å².